The van der Waals surface area contributed by atoms with Gasteiger partial charge in [0.05, 0.1) is 23.9 Å². The molecule has 1 aliphatic rings. The van der Waals surface area contributed by atoms with Gasteiger partial charge in [-0.25, -0.2) is 4.98 Å². The van der Waals surface area contributed by atoms with E-state index in [9.17, 15) is 0 Å². The number of thiazole rings is 1. The number of rotatable bonds is 3. The lowest BCUT2D eigenvalue weighted by Crippen LogP contribution is -2.25. The first-order chi connectivity index (χ1) is 6.42. The zero-order valence-electron chi connectivity index (χ0n) is 7.69. The lowest BCUT2D eigenvalue weighted by atomic mass is 9.97. The van der Waals surface area contributed by atoms with Crippen molar-refractivity contribution in [3.63, 3.8) is 0 Å². The van der Waals surface area contributed by atoms with Crippen LogP contribution < -0.4 is 5.32 Å². The smallest absolute Gasteiger partial charge is 0.0795 e. The number of nitrogens with zero attached hydrogens (tertiary/aromatic N) is 1. The molecule has 13 heavy (non-hydrogen) atoms. The Kier molecular flexibility index (Phi) is 2.93. The van der Waals surface area contributed by atoms with Gasteiger partial charge in [-0.2, -0.15) is 0 Å². The average Bonchev–Trinajstić information content (AvgIpc) is 2.76. The third kappa shape index (κ3) is 1.90. The molecule has 4 heteroatoms. The lowest BCUT2D eigenvalue weighted by molar-refractivity contribution is 0.177. The van der Waals surface area contributed by atoms with Crippen molar-refractivity contribution in [1.82, 2.24) is 10.3 Å². The molecule has 0 aliphatic carbocycles. The van der Waals surface area contributed by atoms with Crippen molar-refractivity contribution in [2.24, 2.45) is 5.92 Å². The Morgan fingerprint density at radius 3 is 3.23 bits per heavy atom. The summed E-state index contributed by atoms with van der Waals surface area (Å²) in [5.74, 6) is 0.590. The molecule has 0 spiro atoms. The monoisotopic (exact) mass is 198 g/mol. The van der Waals surface area contributed by atoms with E-state index in [-0.39, 0.29) is 0 Å². The van der Waals surface area contributed by atoms with Gasteiger partial charge < -0.3 is 10.1 Å². The van der Waals surface area contributed by atoms with Gasteiger partial charge in [0.25, 0.3) is 0 Å². The number of hydrogen-bond donors (Lipinski definition) is 1. The third-order valence-corrected chi connectivity index (χ3v) is 3.12. The molecule has 1 fully saturated rings. The van der Waals surface area contributed by atoms with E-state index in [0.29, 0.717) is 12.0 Å². The van der Waals surface area contributed by atoms with Crippen molar-refractivity contribution in [3.8, 4) is 0 Å². The van der Waals surface area contributed by atoms with Crippen LogP contribution in [0.2, 0.25) is 0 Å². The molecule has 3 nitrogen and oxygen atoms in total. The SMILES string of the molecule is CNC(c1cscn1)C1CCOC1. The first kappa shape index (κ1) is 9.12. The van der Waals surface area contributed by atoms with Crippen molar-refractivity contribution in [1.29, 1.82) is 0 Å². The van der Waals surface area contributed by atoms with Crippen molar-refractivity contribution < 1.29 is 4.74 Å². The second-order valence-corrected chi connectivity index (χ2v) is 4.02. The van der Waals surface area contributed by atoms with E-state index >= 15 is 0 Å². The summed E-state index contributed by atoms with van der Waals surface area (Å²) in [6.07, 6.45) is 1.14. The van der Waals surface area contributed by atoms with Gasteiger partial charge in [0, 0.05) is 17.9 Å². The fourth-order valence-corrected chi connectivity index (χ4v) is 2.41. The van der Waals surface area contributed by atoms with Crippen molar-refractivity contribution >= 4 is 11.3 Å². The maximum Gasteiger partial charge on any atom is 0.0795 e. The van der Waals surface area contributed by atoms with E-state index in [1.807, 2.05) is 12.6 Å². The van der Waals surface area contributed by atoms with Gasteiger partial charge in [-0.05, 0) is 13.5 Å². The van der Waals surface area contributed by atoms with Gasteiger partial charge in [-0.1, -0.05) is 0 Å². The summed E-state index contributed by atoms with van der Waals surface area (Å²) >= 11 is 1.65. The van der Waals surface area contributed by atoms with Crippen LogP contribution in [-0.4, -0.2) is 25.2 Å². The largest absolute Gasteiger partial charge is 0.381 e. The molecular weight excluding hydrogens is 184 g/mol. The number of nitrogens with one attached hydrogen (secondary N) is 1. The highest BCUT2D eigenvalue weighted by molar-refractivity contribution is 7.07. The van der Waals surface area contributed by atoms with Crippen molar-refractivity contribution in [2.45, 2.75) is 12.5 Å². The zero-order valence-corrected chi connectivity index (χ0v) is 8.51. The highest BCUT2D eigenvalue weighted by atomic mass is 32.1. The van der Waals surface area contributed by atoms with Gasteiger partial charge in [0.15, 0.2) is 0 Å². The molecule has 1 saturated heterocycles. The maximum atomic E-state index is 5.37. The summed E-state index contributed by atoms with van der Waals surface area (Å²) in [6, 6.07) is 0.369. The summed E-state index contributed by atoms with van der Waals surface area (Å²) < 4.78 is 5.37. The van der Waals surface area contributed by atoms with Crippen LogP contribution in [0.15, 0.2) is 10.9 Å². The van der Waals surface area contributed by atoms with E-state index in [2.05, 4.69) is 15.7 Å². The summed E-state index contributed by atoms with van der Waals surface area (Å²) in [6.45, 7) is 1.76. The summed E-state index contributed by atoms with van der Waals surface area (Å²) in [7, 11) is 1.99. The Morgan fingerprint density at radius 1 is 1.77 bits per heavy atom. The van der Waals surface area contributed by atoms with Gasteiger partial charge >= 0.3 is 0 Å². The highest BCUT2D eigenvalue weighted by Gasteiger charge is 2.26. The quantitative estimate of drug-likeness (QED) is 0.798. The van der Waals surface area contributed by atoms with Crippen LogP contribution in [0.1, 0.15) is 18.2 Å². The summed E-state index contributed by atoms with van der Waals surface area (Å²) in [5.41, 5.74) is 3.04. The Labute approximate surface area is 82.1 Å². The van der Waals surface area contributed by atoms with Crippen LogP contribution >= 0.6 is 11.3 Å². The molecule has 2 rings (SSSR count). The molecular formula is C9H14N2OS. The predicted molar refractivity (Wildman–Crippen MR) is 52.8 cm³/mol. The first-order valence-electron chi connectivity index (χ1n) is 4.55. The minimum atomic E-state index is 0.369. The number of aromatic nitrogens is 1. The van der Waals surface area contributed by atoms with Crippen LogP contribution in [0.25, 0.3) is 0 Å². The van der Waals surface area contributed by atoms with Gasteiger partial charge in [0.1, 0.15) is 0 Å². The molecule has 2 atom stereocenters. The molecule has 2 unspecified atom stereocenters. The first-order valence-corrected chi connectivity index (χ1v) is 5.49. The van der Waals surface area contributed by atoms with E-state index < -0.39 is 0 Å². The average molecular weight is 198 g/mol. The lowest BCUT2D eigenvalue weighted by Gasteiger charge is -2.19. The Hall–Kier alpha value is -0.450. The second kappa shape index (κ2) is 4.17. The highest BCUT2D eigenvalue weighted by Crippen LogP contribution is 2.27. The normalized spacial score (nSPS) is 24.8. The summed E-state index contributed by atoms with van der Waals surface area (Å²) in [4.78, 5) is 4.33. The molecule has 0 bridgehead atoms. The van der Waals surface area contributed by atoms with E-state index in [4.69, 9.17) is 4.74 Å². The molecule has 72 valence electrons. The molecule has 0 radical (unpaired) electrons. The van der Waals surface area contributed by atoms with Gasteiger partial charge in [-0.3, -0.25) is 0 Å². The fourth-order valence-electron chi connectivity index (χ4n) is 1.82. The molecule has 0 aromatic carbocycles. The molecule has 1 aromatic heterocycles. The Morgan fingerprint density at radius 2 is 2.69 bits per heavy atom. The predicted octanol–water partition coefficient (Wildman–Crippen LogP) is 1.44. The third-order valence-electron chi connectivity index (χ3n) is 2.52. The molecule has 0 amide bonds. The van der Waals surface area contributed by atoms with Crippen molar-refractivity contribution in [2.75, 3.05) is 20.3 Å². The minimum absolute atomic E-state index is 0.369. The molecule has 1 aliphatic heterocycles. The molecule has 1 N–H and O–H groups in total. The Bertz CT molecular complexity index is 244. The Balaban J connectivity index is 2.08. The number of hydrogen-bond acceptors (Lipinski definition) is 4. The van der Waals surface area contributed by atoms with Crippen LogP contribution in [0.4, 0.5) is 0 Å². The van der Waals surface area contributed by atoms with Crippen LogP contribution in [-0.2, 0) is 4.74 Å². The van der Waals surface area contributed by atoms with Gasteiger partial charge in [-0.15, -0.1) is 11.3 Å². The molecule has 1 aromatic rings. The fraction of sp³-hybridized carbons (Fsp3) is 0.667. The van der Waals surface area contributed by atoms with Crippen LogP contribution in [0, 0.1) is 5.92 Å². The minimum Gasteiger partial charge on any atom is -0.381 e. The van der Waals surface area contributed by atoms with E-state index in [1.54, 1.807) is 11.3 Å². The topological polar surface area (TPSA) is 34.2 Å². The molecule has 2 heterocycles. The number of ether oxygens (including phenoxy) is 1. The molecule has 0 saturated carbocycles. The van der Waals surface area contributed by atoms with Crippen LogP contribution in [0.5, 0.6) is 0 Å². The standard InChI is InChI=1S/C9H14N2OS/c1-10-9(7-2-3-12-4-7)8-5-13-6-11-8/h5-7,9-10H,2-4H2,1H3. The van der Waals surface area contributed by atoms with Gasteiger partial charge in [0.2, 0.25) is 0 Å². The van der Waals surface area contributed by atoms with Crippen LogP contribution in [0.3, 0.4) is 0 Å². The van der Waals surface area contributed by atoms with E-state index in [1.165, 1.54) is 0 Å². The second-order valence-electron chi connectivity index (χ2n) is 3.30. The maximum absolute atomic E-state index is 5.37. The van der Waals surface area contributed by atoms with Crippen molar-refractivity contribution in [3.05, 3.63) is 16.6 Å². The van der Waals surface area contributed by atoms with E-state index in [0.717, 1.165) is 25.3 Å². The zero-order chi connectivity index (χ0) is 9.10. The summed E-state index contributed by atoms with van der Waals surface area (Å²) in [5, 5.41) is 5.42.